The van der Waals surface area contributed by atoms with Gasteiger partial charge in [-0.25, -0.2) is 0 Å². The zero-order valence-electron chi connectivity index (χ0n) is 11.0. The highest BCUT2D eigenvalue weighted by Gasteiger charge is 2.03. The van der Waals surface area contributed by atoms with Gasteiger partial charge in [-0.2, -0.15) is 0 Å². The molecule has 1 aromatic carbocycles. The fourth-order valence-corrected chi connectivity index (χ4v) is 3.10. The van der Waals surface area contributed by atoms with Crippen molar-refractivity contribution in [2.24, 2.45) is 0 Å². The molecule has 0 aliphatic carbocycles. The Labute approximate surface area is 130 Å². The second-order valence-corrected chi connectivity index (χ2v) is 5.96. The molecule has 6 heteroatoms. The van der Waals surface area contributed by atoms with E-state index in [2.05, 4.69) is 26.6 Å². The summed E-state index contributed by atoms with van der Waals surface area (Å²) in [6.07, 6.45) is 0. The summed E-state index contributed by atoms with van der Waals surface area (Å²) >= 11 is 5.20. The lowest BCUT2D eigenvalue weighted by Crippen LogP contribution is -2.17. The quantitative estimate of drug-likeness (QED) is 0.831. The van der Waals surface area contributed by atoms with E-state index in [0.717, 1.165) is 22.4 Å². The van der Waals surface area contributed by atoms with E-state index < -0.39 is 0 Å². The topological polar surface area (TPSA) is 50.4 Å². The van der Waals surface area contributed by atoms with Crippen LogP contribution >= 0.6 is 27.3 Å². The summed E-state index contributed by atoms with van der Waals surface area (Å²) in [5.41, 5.74) is 1.71. The monoisotopic (exact) mass is 354 g/mol. The number of hydrogen-bond donors (Lipinski definition) is 2. The number of thiophene rings is 1. The summed E-state index contributed by atoms with van der Waals surface area (Å²) in [7, 11) is 1.50. The third-order valence-corrected chi connectivity index (χ3v) is 4.49. The third kappa shape index (κ3) is 4.33. The van der Waals surface area contributed by atoms with Crippen LogP contribution in [0.5, 0.6) is 0 Å². The molecular weight excluding hydrogens is 340 g/mol. The Balaban J connectivity index is 1.95. The van der Waals surface area contributed by atoms with Gasteiger partial charge in [-0.15, -0.1) is 11.3 Å². The molecule has 0 bridgehead atoms. The molecule has 0 unspecified atom stereocenters. The molecule has 0 spiro atoms. The molecule has 0 radical (unpaired) electrons. The van der Waals surface area contributed by atoms with E-state index in [-0.39, 0.29) is 12.5 Å². The first-order chi connectivity index (χ1) is 9.69. The van der Waals surface area contributed by atoms with Crippen LogP contribution in [0.3, 0.4) is 0 Å². The molecular formula is C14H15BrN2O2S. The number of carbonyl (C=O) groups is 1. The second-order valence-electron chi connectivity index (χ2n) is 4.11. The number of ether oxygens (including phenoxy) is 1. The molecule has 2 aromatic rings. The highest BCUT2D eigenvalue weighted by atomic mass is 79.9. The lowest BCUT2D eigenvalue weighted by Gasteiger charge is -2.09. The largest absolute Gasteiger partial charge is 0.380 e. The summed E-state index contributed by atoms with van der Waals surface area (Å²) < 4.78 is 5.89. The maximum absolute atomic E-state index is 11.5. The van der Waals surface area contributed by atoms with Crippen molar-refractivity contribution in [1.29, 1.82) is 0 Å². The van der Waals surface area contributed by atoms with Crippen LogP contribution in [0.15, 0.2) is 40.2 Å². The summed E-state index contributed by atoms with van der Waals surface area (Å²) in [4.78, 5) is 12.7. The van der Waals surface area contributed by atoms with E-state index in [1.807, 2.05) is 35.7 Å². The highest BCUT2D eigenvalue weighted by molar-refractivity contribution is 9.10. The van der Waals surface area contributed by atoms with E-state index in [1.54, 1.807) is 11.3 Å². The number of amides is 1. The second kappa shape index (κ2) is 7.42. The SMILES string of the molecule is COCC(=O)Nc1cccc(NCc2sccc2Br)c1. The molecule has 20 heavy (non-hydrogen) atoms. The molecule has 0 saturated carbocycles. The van der Waals surface area contributed by atoms with Crippen LogP contribution in [0, 0.1) is 0 Å². The lowest BCUT2D eigenvalue weighted by molar-refractivity contribution is -0.119. The minimum absolute atomic E-state index is 0.0554. The van der Waals surface area contributed by atoms with Crippen molar-refractivity contribution in [2.75, 3.05) is 24.4 Å². The zero-order chi connectivity index (χ0) is 14.4. The Hall–Kier alpha value is -1.37. The summed E-state index contributed by atoms with van der Waals surface area (Å²) in [6.45, 7) is 0.799. The van der Waals surface area contributed by atoms with Crippen LogP contribution in [-0.4, -0.2) is 19.6 Å². The summed E-state index contributed by atoms with van der Waals surface area (Å²) in [6, 6.07) is 9.64. The number of halogens is 1. The van der Waals surface area contributed by atoms with Crippen LogP contribution in [0.25, 0.3) is 0 Å². The smallest absolute Gasteiger partial charge is 0.250 e. The number of hydrogen-bond acceptors (Lipinski definition) is 4. The van der Waals surface area contributed by atoms with Crippen LogP contribution in [0.1, 0.15) is 4.88 Å². The van der Waals surface area contributed by atoms with Crippen molar-refractivity contribution < 1.29 is 9.53 Å². The van der Waals surface area contributed by atoms with Crippen LogP contribution in [0.2, 0.25) is 0 Å². The van der Waals surface area contributed by atoms with E-state index in [4.69, 9.17) is 4.74 Å². The van der Waals surface area contributed by atoms with E-state index >= 15 is 0 Å². The van der Waals surface area contributed by atoms with Gasteiger partial charge < -0.3 is 15.4 Å². The molecule has 0 aliphatic rings. The van der Waals surface area contributed by atoms with Crippen molar-refractivity contribution in [3.05, 3.63) is 45.1 Å². The number of nitrogens with one attached hydrogen (secondary N) is 2. The van der Waals surface area contributed by atoms with Crippen molar-refractivity contribution in [2.45, 2.75) is 6.54 Å². The molecule has 4 nitrogen and oxygen atoms in total. The van der Waals surface area contributed by atoms with Crippen LogP contribution in [0.4, 0.5) is 11.4 Å². The number of methoxy groups -OCH3 is 1. The molecule has 1 amide bonds. The van der Waals surface area contributed by atoms with Gasteiger partial charge in [0.15, 0.2) is 0 Å². The van der Waals surface area contributed by atoms with Gasteiger partial charge in [-0.1, -0.05) is 6.07 Å². The molecule has 2 N–H and O–H groups in total. The molecule has 0 aliphatic heterocycles. The van der Waals surface area contributed by atoms with Crippen LogP contribution < -0.4 is 10.6 Å². The minimum atomic E-state index is -0.161. The molecule has 0 saturated heterocycles. The summed E-state index contributed by atoms with van der Waals surface area (Å²) in [5, 5.41) is 8.15. The van der Waals surface area contributed by atoms with Crippen molar-refractivity contribution in [1.82, 2.24) is 0 Å². The third-order valence-electron chi connectivity index (χ3n) is 2.57. The summed E-state index contributed by atoms with van der Waals surface area (Å²) in [5.74, 6) is -0.161. The van der Waals surface area contributed by atoms with Crippen molar-refractivity contribution in [3.63, 3.8) is 0 Å². The zero-order valence-corrected chi connectivity index (χ0v) is 13.4. The Kier molecular flexibility index (Phi) is 5.58. The number of carbonyl (C=O) groups excluding carboxylic acids is 1. The number of anilines is 2. The van der Waals surface area contributed by atoms with Gasteiger partial charge in [0, 0.05) is 27.8 Å². The van der Waals surface area contributed by atoms with Gasteiger partial charge >= 0.3 is 0 Å². The van der Waals surface area contributed by atoms with Gasteiger partial charge in [0.25, 0.3) is 0 Å². The van der Waals surface area contributed by atoms with Crippen LogP contribution in [-0.2, 0) is 16.1 Å². The molecule has 1 aromatic heterocycles. The van der Waals surface area contributed by atoms with Gasteiger partial charge in [0.05, 0.1) is 6.54 Å². The molecule has 0 fully saturated rings. The van der Waals surface area contributed by atoms with E-state index in [9.17, 15) is 4.79 Å². The fourth-order valence-electron chi connectivity index (χ4n) is 1.67. The Morgan fingerprint density at radius 2 is 2.15 bits per heavy atom. The Morgan fingerprint density at radius 3 is 2.85 bits per heavy atom. The first-order valence-corrected chi connectivity index (χ1v) is 7.71. The van der Waals surface area contributed by atoms with Crippen molar-refractivity contribution >= 4 is 44.5 Å². The highest BCUT2D eigenvalue weighted by Crippen LogP contribution is 2.24. The standard InChI is InChI=1S/C14H15BrN2O2S/c1-19-9-14(18)17-11-4-2-3-10(7-11)16-8-13-12(15)5-6-20-13/h2-7,16H,8-9H2,1H3,(H,17,18). The maximum Gasteiger partial charge on any atom is 0.250 e. The minimum Gasteiger partial charge on any atom is -0.380 e. The maximum atomic E-state index is 11.5. The normalized spacial score (nSPS) is 10.3. The van der Waals surface area contributed by atoms with Gasteiger partial charge in [-0.05, 0) is 45.6 Å². The number of benzene rings is 1. The fraction of sp³-hybridized carbons (Fsp3) is 0.214. The lowest BCUT2D eigenvalue weighted by atomic mass is 10.2. The Morgan fingerprint density at radius 1 is 1.35 bits per heavy atom. The van der Waals surface area contributed by atoms with Gasteiger partial charge in [0.1, 0.15) is 6.61 Å². The average molecular weight is 355 g/mol. The molecule has 1 heterocycles. The average Bonchev–Trinajstić information content (AvgIpc) is 2.82. The number of rotatable bonds is 6. The molecule has 106 valence electrons. The van der Waals surface area contributed by atoms with Gasteiger partial charge in [-0.3, -0.25) is 4.79 Å². The molecule has 0 atom stereocenters. The van der Waals surface area contributed by atoms with E-state index in [0.29, 0.717) is 0 Å². The van der Waals surface area contributed by atoms with E-state index in [1.165, 1.54) is 12.0 Å². The first-order valence-electron chi connectivity index (χ1n) is 6.03. The first kappa shape index (κ1) is 15.0. The Bertz CT molecular complexity index is 586. The van der Waals surface area contributed by atoms with Gasteiger partial charge in [0.2, 0.25) is 5.91 Å². The van der Waals surface area contributed by atoms with Crippen molar-refractivity contribution in [3.8, 4) is 0 Å². The molecule has 2 rings (SSSR count). The predicted octanol–water partition coefficient (Wildman–Crippen LogP) is 3.71. The predicted molar refractivity (Wildman–Crippen MR) is 86.3 cm³/mol.